The quantitative estimate of drug-likeness (QED) is 0.925. The van der Waals surface area contributed by atoms with Crippen molar-refractivity contribution in [2.75, 3.05) is 16.8 Å². The van der Waals surface area contributed by atoms with Crippen molar-refractivity contribution in [2.24, 2.45) is 0 Å². The largest absolute Gasteiger partial charge is 0.357 e. The molecule has 1 amide bonds. The summed E-state index contributed by atoms with van der Waals surface area (Å²) in [7, 11) is 0. The minimum atomic E-state index is -0.793. The summed E-state index contributed by atoms with van der Waals surface area (Å²) in [5, 5.41) is 11.8. The highest BCUT2D eigenvalue weighted by atomic mass is 35.5. The van der Waals surface area contributed by atoms with Crippen molar-refractivity contribution in [1.82, 2.24) is 4.98 Å². The Kier molecular flexibility index (Phi) is 4.32. The van der Waals surface area contributed by atoms with E-state index >= 15 is 0 Å². The Labute approximate surface area is 141 Å². The second-order valence-electron chi connectivity index (χ2n) is 5.21. The number of benzene rings is 1. The van der Waals surface area contributed by atoms with Crippen LogP contribution in [0.25, 0.3) is 0 Å². The summed E-state index contributed by atoms with van der Waals surface area (Å²) >= 11 is 6.02. The third-order valence-corrected chi connectivity index (χ3v) is 3.98. The molecule has 5 nitrogen and oxygen atoms in total. The Morgan fingerprint density at radius 3 is 2.71 bits per heavy atom. The first kappa shape index (κ1) is 16.1. The monoisotopic (exact) mass is 348 g/mol. The number of nitriles is 1. The molecule has 0 spiro atoms. The van der Waals surface area contributed by atoms with Gasteiger partial charge in [0.2, 0.25) is 5.91 Å². The van der Waals surface area contributed by atoms with Gasteiger partial charge in [0.1, 0.15) is 35.3 Å². The topological polar surface area (TPSA) is 69.0 Å². The zero-order valence-electron chi connectivity index (χ0n) is 12.3. The summed E-state index contributed by atoms with van der Waals surface area (Å²) in [4.78, 5) is 17.5. The molecule has 1 saturated heterocycles. The molecule has 0 aliphatic carbocycles. The normalized spacial score (nSPS) is 17.0. The molecule has 24 heavy (non-hydrogen) atoms. The molecule has 0 saturated carbocycles. The molecule has 1 atom stereocenters. The lowest BCUT2D eigenvalue weighted by Crippen LogP contribution is -2.34. The Hall–Kier alpha value is -2.72. The third kappa shape index (κ3) is 2.88. The Morgan fingerprint density at radius 2 is 2.08 bits per heavy atom. The van der Waals surface area contributed by atoms with Crippen LogP contribution in [-0.4, -0.2) is 23.5 Å². The van der Waals surface area contributed by atoms with Crippen LogP contribution in [0.1, 0.15) is 12.0 Å². The van der Waals surface area contributed by atoms with Crippen LogP contribution in [0.3, 0.4) is 0 Å². The van der Waals surface area contributed by atoms with Gasteiger partial charge in [-0.2, -0.15) is 5.26 Å². The molecule has 1 aliphatic rings. The van der Waals surface area contributed by atoms with Crippen LogP contribution in [0.4, 0.5) is 20.3 Å². The van der Waals surface area contributed by atoms with E-state index in [9.17, 15) is 13.6 Å². The molecule has 2 aromatic rings. The number of anilines is 2. The number of carbonyl (C=O) groups is 1. The SMILES string of the molecule is N#Cc1cnc(NC2CCN(c3c(F)cccc3F)C2=O)c(Cl)c1. The number of rotatable bonds is 3. The first-order chi connectivity index (χ1) is 11.5. The van der Waals surface area contributed by atoms with Crippen LogP contribution in [0.15, 0.2) is 30.5 Å². The highest BCUT2D eigenvalue weighted by Gasteiger charge is 2.35. The fraction of sp³-hybridized carbons (Fsp3) is 0.188. The van der Waals surface area contributed by atoms with Gasteiger partial charge in [-0.15, -0.1) is 0 Å². The highest BCUT2D eigenvalue weighted by Crippen LogP contribution is 2.29. The van der Waals surface area contributed by atoms with Gasteiger partial charge in [-0.25, -0.2) is 13.8 Å². The van der Waals surface area contributed by atoms with Crippen molar-refractivity contribution < 1.29 is 13.6 Å². The summed E-state index contributed by atoms with van der Waals surface area (Å²) < 4.78 is 27.7. The van der Waals surface area contributed by atoms with Gasteiger partial charge < -0.3 is 10.2 Å². The number of carbonyl (C=O) groups excluding carboxylic acids is 1. The van der Waals surface area contributed by atoms with Gasteiger partial charge in [0, 0.05) is 12.7 Å². The van der Waals surface area contributed by atoms with Gasteiger partial charge in [0.25, 0.3) is 0 Å². The molecule has 8 heteroatoms. The summed E-state index contributed by atoms with van der Waals surface area (Å²) in [5.74, 6) is -1.82. The minimum Gasteiger partial charge on any atom is -0.357 e. The van der Waals surface area contributed by atoms with E-state index in [4.69, 9.17) is 16.9 Å². The van der Waals surface area contributed by atoms with Crippen LogP contribution in [0.5, 0.6) is 0 Å². The maximum atomic E-state index is 13.9. The van der Waals surface area contributed by atoms with Crippen molar-refractivity contribution in [3.63, 3.8) is 0 Å². The second kappa shape index (κ2) is 6.42. The van der Waals surface area contributed by atoms with Gasteiger partial charge in [-0.1, -0.05) is 17.7 Å². The average Bonchev–Trinajstić information content (AvgIpc) is 2.90. The average molecular weight is 349 g/mol. The molecule has 2 heterocycles. The number of hydrogen-bond acceptors (Lipinski definition) is 4. The van der Waals surface area contributed by atoms with Crippen molar-refractivity contribution in [3.8, 4) is 6.07 Å². The molecule has 122 valence electrons. The maximum Gasteiger partial charge on any atom is 0.249 e. The summed E-state index contributed by atoms with van der Waals surface area (Å²) in [6.07, 6.45) is 1.66. The molecule has 0 bridgehead atoms. The summed E-state index contributed by atoms with van der Waals surface area (Å²) in [6.45, 7) is 0.169. The van der Waals surface area contributed by atoms with Crippen LogP contribution in [0.2, 0.25) is 5.02 Å². The molecular formula is C16H11ClF2N4O. The van der Waals surface area contributed by atoms with E-state index < -0.39 is 23.6 Å². The van der Waals surface area contributed by atoms with Crippen LogP contribution in [-0.2, 0) is 4.79 Å². The van der Waals surface area contributed by atoms with E-state index in [0.29, 0.717) is 12.0 Å². The molecule has 3 rings (SSSR count). The van der Waals surface area contributed by atoms with E-state index in [1.54, 1.807) is 0 Å². The number of nitrogens with zero attached hydrogens (tertiary/aromatic N) is 3. The maximum absolute atomic E-state index is 13.9. The van der Waals surface area contributed by atoms with E-state index in [0.717, 1.165) is 17.0 Å². The lowest BCUT2D eigenvalue weighted by Gasteiger charge is -2.19. The van der Waals surface area contributed by atoms with Crippen molar-refractivity contribution in [1.29, 1.82) is 5.26 Å². The van der Waals surface area contributed by atoms with Crippen LogP contribution >= 0.6 is 11.6 Å². The van der Waals surface area contributed by atoms with Crippen molar-refractivity contribution >= 4 is 29.0 Å². The van der Waals surface area contributed by atoms with E-state index in [1.165, 1.54) is 18.3 Å². The predicted molar refractivity (Wildman–Crippen MR) is 84.7 cm³/mol. The lowest BCUT2D eigenvalue weighted by molar-refractivity contribution is -0.117. The molecule has 1 fully saturated rings. The number of para-hydroxylation sites is 1. The van der Waals surface area contributed by atoms with Gasteiger partial charge >= 0.3 is 0 Å². The molecule has 1 unspecified atom stereocenters. The fourth-order valence-corrected chi connectivity index (χ4v) is 2.77. The molecule has 1 N–H and O–H groups in total. The van der Waals surface area contributed by atoms with Gasteiger partial charge in [-0.3, -0.25) is 4.79 Å². The summed E-state index contributed by atoms with van der Waals surface area (Å²) in [6, 6.07) is 6.07. The number of pyridine rings is 1. The third-order valence-electron chi connectivity index (χ3n) is 3.69. The first-order valence-corrected chi connectivity index (χ1v) is 7.46. The van der Waals surface area contributed by atoms with E-state index in [1.807, 2.05) is 6.07 Å². The van der Waals surface area contributed by atoms with E-state index in [2.05, 4.69) is 10.3 Å². The number of aromatic nitrogens is 1. The van der Waals surface area contributed by atoms with Crippen molar-refractivity contribution in [2.45, 2.75) is 12.5 Å². The lowest BCUT2D eigenvalue weighted by atomic mass is 10.2. The standard InChI is InChI=1S/C16H11ClF2N4O/c17-10-6-9(7-20)8-21-15(10)22-13-4-5-23(16(13)24)14-11(18)2-1-3-12(14)19/h1-3,6,8,13H,4-5H2,(H,21,22). The smallest absolute Gasteiger partial charge is 0.249 e. The zero-order chi connectivity index (χ0) is 17.3. The molecular weight excluding hydrogens is 338 g/mol. The number of amides is 1. The van der Waals surface area contributed by atoms with Gasteiger partial charge in [0.15, 0.2) is 0 Å². The highest BCUT2D eigenvalue weighted by molar-refractivity contribution is 6.33. The Bertz CT molecular complexity index is 832. The number of halogens is 3. The molecule has 1 aromatic carbocycles. The Balaban J connectivity index is 1.81. The van der Waals surface area contributed by atoms with E-state index in [-0.39, 0.29) is 23.1 Å². The molecule has 1 aliphatic heterocycles. The Morgan fingerprint density at radius 1 is 1.38 bits per heavy atom. The van der Waals surface area contributed by atoms with Crippen LogP contribution < -0.4 is 10.2 Å². The van der Waals surface area contributed by atoms with Crippen LogP contribution in [0, 0.1) is 23.0 Å². The summed E-state index contributed by atoms with van der Waals surface area (Å²) in [5.41, 5.74) is -0.0657. The molecule has 1 aromatic heterocycles. The van der Waals surface area contributed by atoms with Crippen molar-refractivity contribution in [3.05, 3.63) is 52.7 Å². The predicted octanol–water partition coefficient (Wildman–Crippen LogP) is 3.10. The second-order valence-corrected chi connectivity index (χ2v) is 5.62. The molecule has 0 radical (unpaired) electrons. The number of nitrogens with one attached hydrogen (secondary N) is 1. The zero-order valence-corrected chi connectivity index (χ0v) is 13.0. The van der Waals surface area contributed by atoms with Gasteiger partial charge in [0.05, 0.1) is 10.6 Å². The number of hydrogen-bond donors (Lipinski definition) is 1. The van der Waals surface area contributed by atoms with Gasteiger partial charge in [-0.05, 0) is 24.6 Å². The fourth-order valence-electron chi connectivity index (χ4n) is 2.55. The first-order valence-electron chi connectivity index (χ1n) is 7.09. The minimum absolute atomic E-state index is 0.169.